The molecule has 1 aromatic heterocycles. The van der Waals surface area contributed by atoms with Crippen molar-refractivity contribution in [3.05, 3.63) is 105 Å². The molecule has 0 bridgehead atoms. The van der Waals surface area contributed by atoms with Crippen molar-refractivity contribution < 1.29 is 23.9 Å². The molecular formula is C36H45FN2O4S. The third kappa shape index (κ3) is 11.8. The average molecular weight is 621 g/mol. The van der Waals surface area contributed by atoms with Gasteiger partial charge in [-0.15, -0.1) is 24.2 Å². The van der Waals surface area contributed by atoms with Gasteiger partial charge >= 0.3 is 5.97 Å². The number of thiophene rings is 1. The number of terminal acetylenes is 1. The topological polar surface area (TPSA) is 86.7 Å². The Labute approximate surface area is 266 Å². The molecule has 2 heterocycles. The molecule has 2 aromatic carbocycles. The Hall–Kier alpha value is -4.22. The smallest absolute Gasteiger partial charge is 0.335 e. The first-order valence-corrected chi connectivity index (χ1v) is 15.6. The fourth-order valence-corrected chi connectivity index (χ4v) is 5.54. The first kappa shape index (κ1) is 37.8. The summed E-state index contributed by atoms with van der Waals surface area (Å²) in [7, 11) is 0. The number of aromatic carboxylic acids is 1. The second-order valence-electron chi connectivity index (χ2n) is 10.6. The van der Waals surface area contributed by atoms with Gasteiger partial charge in [-0.25, -0.2) is 9.18 Å². The number of nitrogens with one attached hydrogen (secondary N) is 1. The summed E-state index contributed by atoms with van der Waals surface area (Å²) in [6.45, 7) is 13.3. The molecule has 236 valence electrons. The highest BCUT2D eigenvalue weighted by atomic mass is 32.1. The highest BCUT2D eigenvalue weighted by Crippen LogP contribution is 2.35. The predicted octanol–water partition coefficient (Wildman–Crippen LogP) is 8.01. The van der Waals surface area contributed by atoms with E-state index in [4.69, 9.17) is 5.11 Å². The summed E-state index contributed by atoms with van der Waals surface area (Å²) in [4.78, 5) is 37.8. The summed E-state index contributed by atoms with van der Waals surface area (Å²) in [5.41, 5.74) is 4.05. The second kappa shape index (κ2) is 19.1. The van der Waals surface area contributed by atoms with E-state index < -0.39 is 5.97 Å². The highest BCUT2D eigenvalue weighted by Gasteiger charge is 2.36. The molecule has 0 saturated heterocycles. The van der Waals surface area contributed by atoms with Crippen LogP contribution in [0.2, 0.25) is 0 Å². The largest absolute Gasteiger partial charge is 0.478 e. The Kier molecular flexibility index (Phi) is 16.4. The number of Topliss-reactive ketones (excluding diaryl/α,β-unsaturated/α-hetero) is 1. The number of rotatable bonds is 9. The number of hydrogen-bond donors (Lipinski definition) is 2. The third-order valence-electron chi connectivity index (χ3n) is 6.57. The number of carbonyl (C=O) groups is 3. The van der Waals surface area contributed by atoms with Crippen molar-refractivity contribution in [2.75, 3.05) is 13.1 Å². The van der Waals surface area contributed by atoms with Crippen LogP contribution in [0.4, 0.5) is 4.39 Å². The number of aryl methyl sites for hydroxylation is 1. The average Bonchev–Trinajstić information content (AvgIpc) is 3.54. The molecule has 0 radical (unpaired) electrons. The van der Waals surface area contributed by atoms with Gasteiger partial charge in [0.1, 0.15) is 11.6 Å². The van der Waals surface area contributed by atoms with Gasteiger partial charge in [0.2, 0.25) is 0 Å². The summed E-state index contributed by atoms with van der Waals surface area (Å²) in [5.74, 6) is -1.05. The van der Waals surface area contributed by atoms with E-state index in [1.54, 1.807) is 37.3 Å². The molecule has 6 nitrogen and oxygen atoms in total. The number of carboxylic acid groups (broad SMARTS) is 1. The molecule has 1 aliphatic heterocycles. The zero-order valence-electron chi connectivity index (χ0n) is 26.7. The number of benzene rings is 2. The Balaban J connectivity index is 0.000000505. The van der Waals surface area contributed by atoms with E-state index in [1.165, 1.54) is 23.5 Å². The van der Waals surface area contributed by atoms with Gasteiger partial charge in [-0.2, -0.15) is 0 Å². The molecule has 3 aromatic rings. The number of amides is 1. The molecule has 2 N–H and O–H groups in total. The first-order valence-electron chi connectivity index (χ1n) is 14.7. The number of nitrogens with zero attached hydrogens (tertiary/aromatic N) is 1. The Morgan fingerprint density at radius 1 is 1.02 bits per heavy atom. The first-order chi connectivity index (χ1) is 21.0. The van der Waals surface area contributed by atoms with Gasteiger partial charge in [-0.1, -0.05) is 71.4 Å². The Bertz CT molecular complexity index is 1390. The van der Waals surface area contributed by atoms with E-state index in [0.717, 1.165) is 35.2 Å². The number of halogens is 1. The van der Waals surface area contributed by atoms with Crippen LogP contribution in [0.3, 0.4) is 0 Å². The molecule has 0 atom stereocenters. The lowest BCUT2D eigenvalue weighted by atomic mass is 9.81. The minimum absolute atomic E-state index is 0.00158. The predicted molar refractivity (Wildman–Crippen MR) is 178 cm³/mol. The van der Waals surface area contributed by atoms with Crippen molar-refractivity contribution >= 4 is 29.0 Å². The van der Waals surface area contributed by atoms with E-state index in [9.17, 15) is 18.8 Å². The molecule has 4 rings (SSSR count). The van der Waals surface area contributed by atoms with Crippen molar-refractivity contribution in [2.24, 2.45) is 5.41 Å². The van der Waals surface area contributed by atoms with E-state index in [1.807, 2.05) is 42.3 Å². The zero-order chi connectivity index (χ0) is 33.3. The van der Waals surface area contributed by atoms with Gasteiger partial charge < -0.3 is 15.3 Å². The molecule has 0 spiro atoms. The summed E-state index contributed by atoms with van der Waals surface area (Å²) in [6.07, 6.45) is 10.3. The summed E-state index contributed by atoms with van der Waals surface area (Å²) >= 11 is 1.43. The summed E-state index contributed by atoms with van der Waals surface area (Å²) < 4.78 is 13.1. The number of carboxylic acids is 1. The van der Waals surface area contributed by atoms with E-state index >= 15 is 0 Å². The molecular weight excluding hydrogens is 575 g/mol. The van der Waals surface area contributed by atoms with Gasteiger partial charge in [0.15, 0.2) is 0 Å². The standard InChI is InChI=1S/C22H25FN2O2S.C10H12O2.C2H6.C2H2/c1-15(26)11-17-13-25(21(27)19-5-4-10-28-19)14-22(2,3)20(17)24-12-16-6-8-18(23)9-7-16;1-2-4-8-5-3-6-9(7-8)10(11)12;2*1-2/h4-10,24H,11-14H2,1-3H3;3,5-7H,2,4H2,1H3,(H,11,12);1-2H3;1-2H. The van der Waals surface area contributed by atoms with Crippen LogP contribution in [-0.2, 0) is 17.8 Å². The fraction of sp³-hybridized carbons (Fsp3) is 0.361. The van der Waals surface area contributed by atoms with Crippen molar-refractivity contribution in [1.82, 2.24) is 10.2 Å². The molecule has 0 aliphatic carbocycles. The van der Waals surface area contributed by atoms with Crippen molar-refractivity contribution in [3.8, 4) is 12.8 Å². The molecule has 8 heteroatoms. The van der Waals surface area contributed by atoms with E-state index in [-0.39, 0.29) is 22.9 Å². The van der Waals surface area contributed by atoms with Gasteiger partial charge in [0.25, 0.3) is 5.91 Å². The minimum Gasteiger partial charge on any atom is -0.478 e. The maximum absolute atomic E-state index is 13.1. The lowest BCUT2D eigenvalue weighted by molar-refractivity contribution is -0.116. The van der Waals surface area contributed by atoms with Crippen molar-refractivity contribution in [2.45, 2.75) is 67.3 Å². The van der Waals surface area contributed by atoms with Crippen LogP contribution in [0, 0.1) is 24.1 Å². The van der Waals surface area contributed by atoms with Crippen LogP contribution in [0.5, 0.6) is 0 Å². The second-order valence-corrected chi connectivity index (χ2v) is 11.6. The molecule has 0 fully saturated rings. The lowest BCUT2D eigenvalue weighted by Crippen LogP contribution is -2.48. The van der Waals surface area contributed by atoms with Gasteiger partial charge in [-0.05, 0) is 65.8 Å². The maximum Gasteiger partial charge on any atom is 0.335 e. The van der Waals surface area contributed by atoms with Crippen LogP contribution < -0.4 is 5.32 Å². The highest BCUT2D eigenvalue weighted by molar-refractivity contribution is 7.12. The Morgan fingerprint density at radius 2 is 1.68 bits per heavy atom. The van der Waals surface area contributed by atoms with E-state index in [2.05, 4.69) is 38.9 Å². The van der Waals surface area contributed by atoms with Gasteiger partial charge in [0, 0.05) is 37.2 Å². The number of carbonyl (C=O) groups excluding carboxylic acids is 2. The molecule has 0 unspecified atom stereocenters. The fourth-order valence-electron chi connectivity index (χ4n) is 4.85. The third-order valence-corrected chi connectivity index (χ3v) is 7.43. The lowest BCUT2D eigenvalue weighted by Gasteiger charge is -2.42. The minimum atomic E-state index is -0.854. The van der Waals surface area contributed by atoms with Gasteiger partial charge in [-0.3, -0.25) is 9.59 Å². The molecule has 0 saturated carbocycles. The van der Waals surface area contributed by atoms with Crippen LogP contribution in [0.15, 0.2) is 77.3 Å². The number of ketones is 1. The van der Waals surface area contributed by atoms with Crippen molar-refractivity contribution in [1.29, 1.82) is 0 Å². The van der Waals surface area contributed by atoms with Crippen molar-refractivity contribution in [3.63, 3.8) is 0 Å². The summed E-state index contributed by atoms with van der Waals surface area (Å²) in [6, 6.07) is 17.2. The van der Waals surface area contributed by atoms with E-state index in [0.29, 0.717) is 36.5 Å². The van der Waals surface area contributed by atoms with Crippen LogP contribution in [0.1, 0.15) is 85.5 Å². The molecule has 1 amide bonds. The Morgan fingerprint density at radius 3 is 2.23 bits per heavy atom. The molecule has 44 heavy (non-hydrogen) atoms. The van der Waals surface area contributed by atoms with Gasteiger partial charge in [0.05, 0.1) is 10.4 Å². The quantitative estimate of drug-likeness (QED) is 0.237. The SMILES string of the molecule is C#C.CC.CC(=O)CC1=C(NCc2ccc(F)cc2)C(C)(C)CN(C(=O)c2cccs2)C1.CCCc1cccc(C(=O)O)c1. The van der Waals surface area contributed by atoms with Crippen LogP contribution in [-0.4, -0.2) is 40.8 Å². The zero-order valence-corrected chi connectivity index (χ0v) is 27.5. The van der Waals surface area contributed by atoms with Crippen LogP contribution >= 0.6 is 11.3 Å². The summed E-state index contributed by atoms with van der Waals surface area (Å²) in [5, 5.41) is 14.0. The normalized spacial score (nSPS) is 13.2. The monoisotopic (exact) mass is 620 g/mol. The molecule has 1 aliphatic rings. The maximum atomic E-state index is 13.1. The number of hydrogen-bond acceptors (Lipinski definition) is 5. The van der Waals surface area contributed by atoms with Crippen LogP contribution in [0.25, 0.3) is 0 Å².